The fourth-order valence-electron chi connectivity index (χ4n) is 3.34. The second kappa shape index (κ2) is 9.43. The summed E-state index contributed by atoms with van der Waals surface area (Å²) in [5, 5.41) is 14.2. The maximum Gasteiger partial charge on any atom is 0.227 e. The minimum Gasteiger partial charge on any atom is -0.334 e. The molecule has 1 aromatic heterocycles. The first kappa shape index (κ1) is 21.4. The molecule has 0 bridgehead atoms. The van der Waals surface area contributed by atoms with Crippen molar-refractivity contribution in [3.05, 3.63) is 94.3 Å². The number of hydrogen-bond acceptors (Lipinski definition) is 3. The molecule has 6 heteroatoms. The van der Waals surface area contributed by atoms with Crippen molar-refractivity contribution < 1.29 is 4.79 Å². The van der Waals surface area contributed by atoms with Crippen LogP contribution in [-0.2, 0) is 17.8 Å². The summed E-state index contributed by atoms with van der Waals surface area (Å²) in [6.07, 6.45) is 1.98. The lowest BCUT2D eigenvalue weighted by molar-refractivity contribution is -0.130. The lowest BCUT2D eigenvalue weighted by Gasteiger charge is -2.21. The number of carbonyl (C=O) groups excluding carboxylic acids is 1. The Morgan fingerprint density at radius 1 is 1.20 bits per heavy atom. The molecule has 3 rings (SSSR count). The minimum absolute atomic E-state index is 0.00103. The lowest BCUT2D eigenvalue weighted by Crippen LogP contribution is -2.32. The monoisotopic (exact) mass is 418 g/mol. The van der Waals surface area contributed by atoms with E-state index in [0.717, 1.165) is 28.2 Å². The van der Waals surface area contributed by atoms with Crippen LogP contribution in [0.15, 0.2) is 61.2 Å². The first-order chi connectivity index (χ1) is 14.4. The number of nitrogens with zero attached hydrogens (tertiary/aromatic N) is 4. The van der Waals surface area contributed by atoms with Gasteiger partial charge in [0.15, 0.2) is 0 Å². The molecular formula is C24H23ClN4O. The van der Waals surface area contributed by atoms with Crippen molar-refractivity contribution in [3.8, 4) is 11.8 Å². The molecule has 0 saturated carbocycles. The first-order valence-electron chi connectivity index (χ1n) is 9.61. The lowest BCUT2D eigenvalue weighted by atomic mass is 10.1. The van der Waals surface area contributed by atoms with E-state index in [1.165, 1.54) is 0 Å². The molecule has 0 saturated heterocycles. The molecule has 0 aliphatic heterocycles. The van der Waals surface area contributed by atoms with Gasteiger partial charge in [-0.1, -0.05) is 29.8 Å². The Morgan fingerprint density at radius 3 is 2.47 bits per heavy atom. The highest BCUT2D eigenvalue weighted by Gasteiger charge is 2.20. The van der Waals surface area contributed by atoms with E-state index < -0.39 is 0 Å². The van der Waals surface area contributed by atoms with Gasteiger partial charge >= 0.3 is 0 Å². The summed E-state index contributed by atoms with van der Waals surface area (Å²) < 4.78 is 1.84. The molecule has 0 unspecified atom stereocenters. The number of aryl methyl sites for hydroxylation is 1. The first-order valence-corrected chi connectivity index (χ1v) is 9.99. The molecule has 0 fully saturated rings. The molecule has 0 aliphatic rings. The van der Waals surface area contributed by atoms with Gasteiger partial charge in [-0.25, -0.2) is 4.68 Å². The number of benzene rings is 2. The van der Waals surface area contributed by atoms with Crippen LogP contribution in [0.5, 0.6) is 0 Å². The zero-order valence-corrected chi connectivity index (χ0v) is 17.9. The van der Waals surface area contributed by atoms with E-state index in [9.17, 15) is 4.79 Å². The van der Waals surface area contributed by atoms with Crippen LogP contribution in [0.2, 0.25) is 5.02 Å². The molecule has 0 aliphatic carbocycles. The van der Waals surface area contributed by atoms with E-state index in [0.29, 0.717) is 23.7 Å². The summed E-state index contributed by atoms with van der Waals surface area (Å²) in [5.41, 5.74) is 5.15. The Morgan fingerprint density at radius 2 is 1.87 bits per heavy atom. The highest BCUT2D eigenvalue weighted by molar-refractivity contribution is 6.30. The largest absolute Gasteiger partial charge is 0.334 e. The minimum atomic E-state index is 0.00103. The second-order valence-electron chi connectivity index (χ2n) is 7.09. The van der Waals surface area contributed by atoms with Crippen LogP contribution in [0.4, 0.5) is 0 Å². The fourth-order valence-corrected chi connectivity index (χ4v) is 3.47. The van der Waals surface area contributed by atoms with Crippen molar-refractivity contribution >= 4 is 17.5 Å². The van der Waals surface area contributed by atoms with Crippen molar-refractivity contribution in [1.82, 2.24) is 14.7 Å². The van der Waals surface area contributed by atoms with E-state index >= 15 is 0 Å². The summed E-state index contributed by atoms with van der Waals surface area (Å²) in [6, 6.07) is 16.8. The van der Waals surface area contributed by atoms with Gasteiger partial charge in [-0.2, -0.15) is 10.4 Å². The second-order valence-corrected chi connectivity index (χ2v) is 7.52. The van der Waals surface area contributed by atoms with Gasteiger partial charge in [-0.05, 0) is 55.8 Å². The summed E-state index contributed by atoms with van der Waals surface area (Å²) in [4.78, 5) is 14.9. The molecule has 0 N–H and O–H groups in total. The van der Waals surface area contributed by atoms with Gasteiger partial charge in [0.05, 0.1) is 29.4 Å². The quantitative estimate of drug-likeness (QED) is 0.519. The van der Waals surface area contributed by atoms with Crippen LogP contribution >= 0.6 is 11.6 Å². The normalized spacial score (nSPS) is 10.5. The fraction of sp³-hybridized carbons (Fsp3) is 0.208. The molecule has 2 aromatic carbocycles. The highest BCUT2D eigenvalue weighted by Crippen LogP contribution is 2.21. The Kier molecular flexibility index (Phi) is 6.71. The topological polar surface area (TPSA) is 61.9 Å². The molecule has 0 radical (unpaired) electrons. The molecule has 1 heterocycles. The SMILES string of the molecule is C=CCN(Cc1ccc(C#N)cc1)C(=O)Cc1c(C)nn(-c2ccc(Cl)cc2)c1C. The Labute approximate surface area is 181 Å². The smallest absolute Gasteiger partial charge is 0.227 e. The molecule has 5 nitrogen and oxygen atoms in total. The van der Waals surface area contributed by atoms with E-state index in [1.54, 1.807) is 23.1 Å². The van der Waals surface area contributed by atoms with Crippen LogP contribution < -0.4 is 0 Å². The third-order valence-corrected chi connectivity index (χ3v) is 5.25. The van der Waals surface area contributed by atoms with Gasteiger partial charge in [-0.3, -0.25) is 4.79 Å². The van der Waals surface area contributed by atoms with E-state index in [1.807, 2.05) is 54.9 Å². The third-order valence-electron chi connectivity index (χ3n) is 5.00. The number of carbonyl (C=O) groups is 1. The van der Waals surface area contributed by atoms with Crippen LogP contribution in [-0.4, -0.2) is 27.1 Å². The van der Waals surface area contributed by atoms with Crippen molar-refractivity contribution in [2.45, 2.75) is 26.8 Å². The van der Waals surface area contributed by atoms with Gasteiger partial charge in [0, 0.05) is 29.4 Å². The summed E-state index contributed by atoms with van der Waals surface area (Å²) in [7, 11) is 0. The maximum absolute atomic E-state index is 13.1. The predicted octanol–water partition coefficient (Wildman–Crippen LogP) is 4.77. The van der Waals surface area contributed by atoms with Crippen molar-refractivity contribution in [2.24, 2.45) is 0 Å². The average Bonchev–Trinajstić information content (AvgIpc) is 3.02. The van der Waals surface area contributed by atoms with E-state index in [2.05, 4.69) is 17.7 Å². The molecular weight excluding hydrogens is 396 g/mol. The molecule has 152 valence electrons. The van der Waals surface area contributed by atoms with Crippen LogP contribution in [0.3, 0.4) is 0 Å². The van der Waals surface area contributed by atoms with Crippen molar-refractivity contribution in [2.75, 3.05) is 6.54 Å². The van der Waals surface area contributed by atoms with Crippen molar-refractivity contribution in [3.63, 3.8) is 0 Å². The number of aromatic nitrogens is 2. The third kappa shape index (κ3) is 4.79. The number of nitriles is 1. The van der Waals surface area contributed by atoms with Gasteiger partial charge in [0.2, 0.25) is 5.91 Å². The zero-order chi connectivity index (χ0) is 21.7. The standard InChI is InChI=1S/C24H23ClN4O/c1-4-13-28(16-20-7-5-19(15-26)6-8-20)24(30)14-23-17(2)27-29(18(23)3)22-11-9-21(25)10-12-22/h4-12H,1,13-14,16H2,2-3H3. The molecule has 3 aromatic rings. The molecule has 1 amide bonds. The van der Waals surface area contributed by atoms with Crippen LogP contribution in [0.1, 0.15) is 28.1 Å². The Balaban J connectivity index is 1.80. The van der Waals surface area contributed by atoms with Crippen LogP contribution in [0.25, 0.3) is 5.69 Å². The van der Waals surface area contributed by atoms with E-state index in [4.69, 9.17) is 16.9 Å². The van der Waals surface area contributed by atoms with Gasteiger partial charge < -0.3 is 4.90 Å². The summed E-state index contributed by atoms with van der Waals surface area (Å²) in [6.45, 7) is 8.57. The van der Waals surface area contributed by atoms with Crippen LogP contribution in [0, 0.1) is 25.2 Å². The zero-order valence-electron chi connectivity index (χ0n) is 17.1. The average molecular weight is 419 g/mol. The number of rotatable bonds is 7. The Hall–Kier alpha value is -3.36. The predicted molar refractivity (Wildman–Crippen MR) is 119 cm³/mol. The highest BCUT2D eigenvalue weighted by atomic mass is 35.5. The number of amides is 1. The van der Waals surface area contributed by atoms with E-state index in [-0.39, 0.29) is 12.3 Å². The van der Waals surface area contributed by atoms with Crippen molar-refractivity contribution in [1.29, 1.82) is 5.26 Å². The molecule has 0 spiro atoms. The molecule has 0 atom stereocenters. The molecule has 30 heavy (non-hydrogen) atoms. The number of hydrogen-bond donors (Lipinski definition) is 0. The van der Waals surface area contributed by atoms with Gasteiger partial charge in [0.1, 0.15) is 0 Å². The Bertz CT molecular complexity index is 1090. The summed E-state index contributed by atoms with van der Waals surface area (Å²) >= 11 is 5.99. The van der Waals surface area contributed by atoms with Gasteiger partial charge in [-0.15, -0.1) is 6.58 Å². The summed E-state index contributed by atoms with van der Waals surface area (Å²) in [5.74, 6) is 0.00103. The van der Waals surface area contributed by atoms with Gasteiger partial charge in [0.25, 0.3) is 0 Å². The number of halogens is 1. The maximum atomic E-state index is 13.1.